The zero-order chi connectivity index (χ0) is 24.9. The van der Waals surface area contributed by atoms with E-state index in [1.165, 1.54) is 43.4 Å². The molecule has 1 aromatic carbocycles. The number of rotatable bonds is 8. The van der Waals surface area contributed by atoms with E-state index < -0.39 is 0 Å². The van der Waals surface area contributed by atoms with Crippen molar-refractivity contribution in [2.45, 2.75) is 63.5 Å². The highest BCUT2D eigenvalue weighted by atomic mass is 32.1. The first-order valence-electron chi connectivity index (χ1n) is 13.8. The van der Waals surface area contributed by atoms with Gasteiger partial charge in [0.1, 0.15) is 0 Å². The molecule has 194 valence electrons. The molecule has 1 N–H and O–H groups in total. The zero-order valence-corrected chi connectivity index (χ0v) is 22.3. The highest BCUT2D eigenvalue weighted by molar-refractivity contribution is 7.13. The maximum Gasteiger partial charge on any atom is 0.320 e. The number of hydrogen-bond acceptors (Lipinski definition) is 4. The molecule has 0 radical (unpaired) electrons. The summed E-state index contributed by atoms with van der Waals surface area (Å²) in [4.78, 5) is 33.3. The molecule has 0 bridgehead atoms. The number of benzene rings is 1. The molecule has 1 aliphatic carbocycles. The topological polar surface area (TPSA) is 55.9 Å². The highest BCUT2D eigenvalue weighted by Crippen LogP contribution is 2.28. The lowest BCUT2D eigenvalue weighted by molar-refractivity contribution is 0.0735. The van der Waals surface area contributed by atoms with Crippen molar-refractivity contribution in [2.24, 2.45) is 5.92 Å². The first-order valence-corrected chi connectivity index (χ1v) is 14.6. The van der Waals surface area contributed by atoms with E-state index in [1.807, 2.05) is 52.1 Å². The first-order chi connectivity index (χ1) is 17.6. The lowest BCUT2D eigenvalue weighted by atomic mass is 10.0. The van der Waals surface area contributed by atoms with Crippen molar-refractivity contribution in [3.05, 3.63) is 47.3 Å². The molecule has 5 rings (SSSR count). The summed E-state index contributed by atoms with van der Waals surface area (Å²) in [5.41, 5.74) is 1.83. The molecule has 1 saturated carbocycles. The number of urea groups is 1. The summed E-state index contributed by atoms with van der Waals surface area (Å²) in [6.45, 7) is 4.02. The van der Waals surface area contributed by atoms with Crippen LogP contribution in [0.25, 0.3) is 10.4 Å². The Labute approximate surface area is 219 Å². The van der Waals surface area contributed by atoms with E-state index in [4.69, 9.17) is 0 Å². The van der Waals surface area contributed by atoms with E-state index in [1.54, 1.807) is 11.3 Å². The Morgan fingerprint density at radius 3 is 2.50 bits per heavy atom. The number of carbonyl (C=O) groups excluding carboxylic acids is 2. The molecule has 2 atom stereocenters. The lowest BCUT2D eigenvalue weighted by Crippen LogP contribution is -2.45. The average molecular weight is 509 g/mol. The van der Waals surface area contributed by atoms with Gasteiger partial charge in [0.15, 0.2) is 0 Å². The molecule has 3 amide bonds. The van der Waals surface area contributed by atoms with Crippen LogP contribution in [0.4, 0.5) is 4.79 Å². The Morgan fingerprint density at radius 2 is 1.75 bits per heavy atom. The van der Waals surface area contributed by atoms with Gasteiger partial charge in [0.05, 0.1) is 6.04 Å². The van der Waals surface area contributed by atoms with E-state index in [2.05, 4.69) is 16.8 Å². The van der Waals surface area contributed by atoms with Gasteiger partial charge in [0.2, 0.25) is 0 Å². The third kappa shape index (κ3) is 5.94. The second-order valence-corrected chi connectivity index (χ2v) is 11.8. The minimum atomic E-state index is 0.0232. The molecule has 2 aromatic rings. The third-order valence-corrected chi connectivity index (χ3v) is 9.31. The van der Waals surface area contributed by atoms with Crippen LogP contribution in [0.1, 0.15) is 61.7 Å². The van der Waals surface area contributed by atoms with Gasteiger partial charge < -0.3 is 20.0 Å². The largest absolute Gasteiger partial charge is 0.337 e. The van der Waals surface area contributed by atoms with Gasteiger partial charge in [-0.25, -0.2) is 4.79 Å². The molecule has 0 unspecified atom stereocenters. The quantitative estimate of drug-likeness (QED) is 0.491. The normalized spacial score (nSPS) is 22.5. The van der Waals surface area contributed by atoms with Crippen LogP contribution in [-0.2, 0) is 0 Å². The number of nitrogens with one attached hydrogen (secondary N) is 1. The molecule has 3 fully saturated rings. The molecule has 1 aromatic heterocycles. The number of likely N-dealkylation sites (tertiary alicyclic amines) is 2. The fourth-order valence-electron chi connectivity index (χ4n) is 6.12. The van der Waals surface area contributed by atoms with Crippen molar-refractivity contribution in [3.63, 3.8) is 0 Å². The van der Waals surface area contributed by atoms with E-state index in [0.717, 1.165) is 44.0 Å². The molecule has 3 aliphatic rings. The molecule has 6 nitrogen and oxygen atoms in total. The summed E-state index contributed by atoms with van der Waals surface area (Å²) < 4.78 is 0. The van der Waals surface area contributed by atoms with Gasteiger partial charge in [0.25, 0.3) is 5.91 Å². The van der Waals surface area contributed by atoms with Crippen LogP contribution in [0.5, 0.6) is 0 Å². The van der Waals surface area contributed by atoms with Crippen LogP contribution in [0.2, 0.25) is 0 Å². The summed E-state index contributed by atoms with van der Waals surface area (Å²) in [7, 11) is 1.87. The second-order valence-electron chi connectivity index (χ2n) is 10.8. The number of hydrogen-bond donors (Lipinski definition) is 1. The van der Waals surface area contributed by atoms with Gasteiger partial charge in [-0.2, -0.15) is 0 Å². The summed E-state index contributed by atoms with van der Waals surface area (Å²) in [5, 5.41) is 5.75. The third-order valence-electron chi connectivity index (χ3n) is 8.40. The molecular weight excluding hydrogens is 468 g/mol. The van der Waals surface area contributed by atoms with Crippen molar-refractivity contribution in [3.8, 4) is 10.4 Å². The molecule has 2 aliphatic heterocycles. The summed E-state index contributed by atoms with van der Waals surface area (Å²) in [6, 6.07) is 12.6. The summed E-state index contributed by atoms with van der Waals surface area (Å²) in [6.07, 6.45) is 10.1. The van der Waals surface area contributed by atoms with Crippen LogP contribution in [-0.4, -0.2) is 78.5 Å². The predicted octanol–water partition coefficient (Wildman–Crippen LogP) is 5.32. The number of amides is 3. The molecular formula is C29H40N4O2S. The Bertz CT molecular complexity index is 1000. The van der Waals surface area contributed by atoms with Gasteiger partial charge in [0, 0.05) is 49.7 Å². The Hall–Kier alpha value is -2.38. The van der Waals surface area contributed by atoms with Crippen molar-refractivity contribution < 1.29 is 9.59 Å². The van der Waals surface area contributed by atoms with E-state index in [0.29, 0.717) is 24.7 Å². The minimum absolute atomic E-state index is 0.0232. The van der Waals surface area contributed by atoms with Gasteiger partial charge >= 0.3 is 6.03 Å². The zero-order valence-electron chi connectivity index (χ0n) is 21.5. The van der Waals surface area contributed by atoms with Crippen LogP contribution in [0.3, 0.4) is 0 Å². The Balaban J connectivity index is 1.06. The highest BCUT2D eigenvalue weighted by Gasteiger charge is 2.35. The smallest absolute Gasteiger partial charge is 0.320 e. The maximum absolute atomic E-state index is 13.2. The number of likely N-dealkylation sites (N-methyl/N-ethyl adjacent to an activating group) is 1. The SMILES string of the molecule is CN(C(=O)c1ccc(-c2cccs2)cc1)[C@H]1CCN(C(=O)N2CC[C@@H](NCCCC3CCCC3)C2)C1. The number of carbonyl (C=O) groups is 2. The first kappa shape index (κ1) is 25.3. The molecule has 36 heavy (non-hydrogen) atoms. The van der Waals surface area contributed by atoms with Crippen molar-refractivity contribution >= 4 is 23.3 Å². The summed E-state index contributed by atoms with van der Waals surface area (Å²) >= 11 is 1.70. The monoisotopic (exact) mass is 508 g/mol. The minimum Gasteiger partial charge on any atom is -0.337 e. The number of thiophene rings is 1. The number of nitrogens with zero attached hydrogens (tertiary/aromatic N) is 3. The van der Waals surface area contributed by atoms with Crippen molar-refractivity contribution in [2.75, 3.05) is 39.8 Å². The Kier molecular flexibility index (Phi) is 8.27. The standard InChI is InChI=1S/C29H40N4O2S/c1-31(28(34)24-12-10-23(11-13-24)27-9-5-19-36-27)26-15-18-33(21-26)29(35)32-17-14-25(20-32)30-16-4-8-22-6-2-3-7-22/h5,9-13,19,22,25-26,30H,2-4,6-8,14-18,20-21H2,1H3/t25-,26+/m1/s1. The molecule has 0 spiro atoms. The fraction of sp³-hybridized carbons (Fsp3) is 0.586. The average Bonchev–Trinajstić information content (AvgIpc) is 3.72. The van der Waals surface area contributed by atoms with E-state index >= 15 is 0 Å². The van der Waals surface area contributed by atoms with Crippen LogP contribution in [0, 0.1) is 5.92 Å². The molecule has 2 saturated heterocycles. The predicted molar refractivity (Wildman–Crippen MR) is 146 cm³/mol. The maximum atomic E-state index is 13.2. The van der Waals surface area contributed by atoms with Crippen LogP contribution in [0.15, 0.2) is 41.8 Å². The van der Waals surface area contributed by atoms with Gasteiger partial charge in [-0.15, -0.1) is 11.3 Å². The lowest BCUT2D eigenvalue weighted by Gasteiger charge is -2.27. The van der Waals surface area contributed by atoms with E-state index in [9.17, 15) is 9.59 Å². The van der Waals surface area contributed by atoms with Crippen molar-refractivity contribution in [1.82, 2.24) is 20.0 Å². The molecule has 7 heteroatoms. The molecule has 3 heterocycles. The van der Waals surface area contributed by atoms with E-state index in [-0.39, 0.29) is 18.0 Å². The Morgan fingerprint density at radius 1 is 1.00 bits per heavy atom. The van der Waals surface area contributed by atoms with Crippen LogP contribution < -0.4 is 5.32 Å². The second kappa shape index (κ2) is 11.8. The van der Waals surface area contributed by atoms with Gasteiger partial charge in [-0.1, -0.05) is 43.9 Å². The fourth-order valence-corrected chi connectivity index (χ4v) is 6.85. The van der Waals surface area contributed by atoms with Crippen molar-refractivity contribution in [1.29, 1.82) is 0 Å². The van der Waals surface area contributed by atoms with Crippen LogP contribution >= 0.6 is 11.3 Å². The summed E-state index contributed by atoms with van der Waals surface area (Å²) in [5.74, 6) is 0.974. The van der Waals surface area contributed by atoms with Gasteiger partial charge in [-0.05, 0) is 67.3 Å². The van der Waals surface area contributed by atoms with Gasteiger partial charge in [-0.3, -0.25) is 4.79 Å².